The van der Waals surface area contributed by atoms with Gasteiger partial charge in [-0.25, -0.2) is 0 Å². The largest absolute Gasteiger partial charge is 0.364 e. The van der Waals surface area contributed by atoms with Gasteiger partial charge in [0.2, 0.25) is 5.91 Å². The molecule has 19 heavy (non-hydrogen) atoms. The quantitative estimate of drug-likeness (QED) is 0.847. The van der Waals surface area contributed by atoms with Gasteiger partial charge in [0.25, 0.3) is 5.91 Å². The predicted octanol–water partition coefficient (Wildman–Crippen LogP) is 0.234. The third-order valence-corrected chi connectivity index (χ3v) is 2.78. The molecular weight excluding hydrogens is 246 g/mol. The first-order valence-corrected chi connectivity index (χ1v) is 6.05. The van der Waals surface area contributed by atoms with Crippen LogP contribution in [0.5, 0.6) is 0 Å². The molecular formula is C13H19N3O3. The van der Waals surface area contributed by atoms with E-state index in [9.17, 15) is 14.4 Å². The second-order valence-corrected chi connectivity index (χ2v) is 4.50. The molecule has 0 aliphatic carbocycles. The number of nitrogens with zero attached hydrogens (tertiary/aromatic N) is 2. The zero-order valence-corrected chi connectivity index (χ0v) is 11.7. The molecule has 2 amide bonds. The Morgan fingerprint density at radius 1 is 1.32 bits per heavy atom. The molecule has 1 rings (SSSR count). The molecule has 0 fully saturated rings. The minimum absolute atomic E-state index is 0.0321. The molecule has 1 aromatic rings. The van der Waals surface area contributed by atoms with Gasteiger partial charge in [-0.3, -0.25) is 14.4 Å². The second-order valence-electron chi connectivity index (χ2n) is 4.50. The van der Waals surface area contributed by atoms with Crippen LogP contribution in [0.25, 0.3) is 0 Å². The first-order valence-electron chi connectivity index (χ1n) is 6.05. The van der Waals surface area contributed by atoms with Gasteiger partial charge in [-0.1, -0.05) is 0 Å². The highest BCUT2D eigenvalue weighted by atomic mass is 16.2. The van der Waals surface area contributed by atoms with Crippen LogP contribution in [-0.2, 0) is 4.79 Å². The van der Waals surface area contributed by atoms with Crippen molar-refractivity contribution in [3.05, 3.63) is 33.7 Å². The van der Waals surface area contributed by atoms with Crippen LogP contribution in [0.15, 0.2) is 17.1 Å². The van der Waals surface area contributed by atoms with Crippen LogP contribution in [-0.4, -0.2) is 53.8 Å². The van der Waals surface area contributed by atoms with Crippen molar-refractivity contribution in [2.24, 2.45) is 0 Å². The summed E-state index contributed by atoms with van der Waals surface area (Å²) in [5, 5.41) is 0. The van der Waals surface area contributed by atoms with E-state index < -0.39 is 5.91 Å². The monoisotopic (exact) mass is 265 g/mol. The maximum atomic E-state index is 12.2. The van der Waals surface area contributed by atoms with Crippen molar-refractivity contribution in [1.82, 2.24) is 14.8 Å². The molecule has 0 aromatic carbocycles. The number of nitrogens with one attached hydrogen (secondary N) is 1. The highest BCUT2D eigenvalue weighted by molar-refractivity contribution is 5.96. The molecule has 0 spiro atoms. The zero-order chi connectivity index (χ0) is 14.6. The standard InChI is InChI=1S/C13H19N3O3/c1-5-16(8-12(18)15(3)4)13(19)10-7-14-9(2)6-11(10)17/h6-7H,5,8H2,1-4H3,(H,14,17). The fraction of sp³-hybridized carbons (Fsp3) is 0.462. The highest BCUT2D eigenvalue weighted by Gasteiger charge is 2.20. The van der Waals surface area contributed by atoms with Gasteiger partial charge >= 0.3 is 0 Å². The Balaban J connectivity index is 2.96. The minimum Gasteiger partial charge on any atom is -0.364 e. The van der Waals surface area contributed by atoms with Gasteiger partial charge in [0.15, 0.2) is 5.43 Å². The fourth-order valence-electron chi connectivity index (χ4n) is 1.54. The maximum Gasteiger partial charge on any atom is 0.259 e. The smallest absolute Gasteiger partial charge is 0.259 e. The summed E-state index contributed by atoms with van der Waals surface area (Å²) in [6, 6.07) is 1.37. The van der Waals surface area contributed by atoms with Crippen LogP contribution < -0.4 is 5.43 Å². The molecule has 0 radical (unpaired) electrons. The van der Waals surface area contributed by atoms with Gasteiger partial charge in [-0.2, -0.15) is 0 Å². The zero-order valence-electron chi connectivity index (χ0n) is 11.7. The number of hydrogen-bond donors (Lipinski definition) is 1. The van der Waals surface area contributed by atoms with Gasteiger partial charge in [-0.05, 0) is 13.8 Å². The van der Waals surface area contributed by atoms with Gasteiger partial charge < -0.3 is 14.8 Å². The Morgan fingerprint density at radius 3 is 2.42 bits per heavy atom. The summed E-state index contributed by atoms with van der Waals surface area (Å²) in [7, 11) is 3.25. The Hall–Kier alpha value is -2.11. The molecule has 104 valence electrons. The summed E-state index contributed by atoms with van der Waals surface area (Å²) in [4.78, 5) is 41.2. The average molecular weight is 265 g/mol. The molecule has 1 heterocycles. The van der Waals surface area contributed by atoms with Crippen molar-refractivity contribution in [2.75, 3.05) is 27.2 Å². The van der Waals surface area contributed by atoms with E-state index in [2.05, 4.69) is 4.98 Å². The normalized spacial score (nSPS) is 10.1. The molecule has 1 aromatic heterocycles. The number of pyridine rings is 1. The summed E-state index contributed by atoms with van der Waals surface area (Å²) in [6.45, 7) is 3.84. The number of carbonyl (C=O) groups excluding carboxylic acids is 2. The van der Waals surface area contributed by atoms with Crippen LogP contribution in [0.1, 0.15) is 23.0 Å². The van der Waals surface area contributed by atoms with E-state index in [1.54, 1.807) is 27.9 Å². The van der Waals surface area contributed by atoms with Crippen LogP contribution in [0.4, 0.5) is 0 Å². The number of amides is 2. The lowest BCUT2D eigenvalue weighted by molar-refractivity contribution is -0.129. The number of hydrogen-bond acceptors (Lipinski definition) is 3. The molecule has 0 unspecified atom stereocenters. The number of aryl methyl sites for hydroxylation is 1. The Bertz CT molecular complexity index is 534. The maximum absolute atomic E-state index is 12.2. The Morgan fingerprint density at radius 2 is 1.95 bits per heavy atom. The number of H-pyrrole nitrogens is 1. The lowest BCUT2D eigenvalue weighted by atomic mass is 10.2. The molecule has 6 heteroatoms. The minimum atomic E-state index is -0.432. The van der Waals surface area contributed by atoms with Crippen LogP contribution >= 0.6 is 0 Å². The lowest BCUT2D eigenvalue weighted by Gasteiger charge is -2.22. The number of aromatic amines is 1. The molecule has 0 bridgehead atoms. The summed E-state index contributed by atoms with van der Waals surface area (Å²) in [5.41, 5.74) is 0.407. The van der Waals surface area contributed by atoms with E-state index in [1.807, 2.05) is 0 Å². The van der Waals surface area contributed by atoms with Crippen molar-refractivity contribution >= 4 is 11.8 Å². The van der Waals surface area contributed by atoms with Gasteiger partial charge in [0, 0.05) is 38.6 Å². The molecule has 0 aliphatic rings. The highest BCUT2D eigenvalue weighted by Crippen LogP contribution is 2.01. The SMILES string of the molecule is CCN(CC(=O)N(C)C)C(=O)c1c[nH]c(C)cc1=O. The third kappa shape index (κ3) is 3.67. The van der Waals surface area contributed by atoms with Crippen molar-refractivity contribution in [3.8, 4) is 0 Å². The summed E-state index contributed by atoms with van der Waals surface area (Å²) in [5.74, 6) is -0.613. The van der Waals surface area contributed by atoms with Crippen molar-refractivity contribution in [3.63, 3.8) is 0 Å². The molecule has 0 atom stereocenters. The summed E-state index contributed by atoms with van der Waals surface area (Å²) >= 11 is 0. The third-order valence-electron chi connectivity index (χ3n) is 2.78. The number of likely N-dealkylation sites (N-methyl/N-ethyl adjacent to an activating group) is 2. The Labute approximate surface area is 112 Å². The van der Waals surface area contributed by atoms with Crippen LogP contribution in [0.3, 0.4) is 0 Å². The van der Waals surface area contributed by atoms with E-state index >= 15 is 0 Å². The first kappa shape index (κ1) is 14.9. The second kappa shape index (κ2) is 6.17. The van der Waals surface area contributed by atoms with Crippen molar-refractivity contribution in [2.45, 2.75) is 13.8 Å². The first-order chi connectivity index (χ1) is 8.86. The molecule has 0 saturated carbocycles. The van der Waals surface area contributed by atoms with Gasteiger partial charge in [0.05, 0.1) is 6.54 Å². The predicted molar refractivity (Wildman–Crippen MR) is 72.1 cm³/mol. The van der Waals surface area contributed by atoms with E-state index in [0.717, 1.165) is 0 Å². The summed E-state index contributed by atoms with van der Waals surface area (Å²) < 4.78 is 0. The fourth-order valence-corrected chi connectivity index (χ4v) is 1.54. The molecule has 0 saturated heterocycles. The van der Waals surface area contributed by atoms with Crippen molar-refractivity contribution in [1.29, 1.82) is 0 Å². The van der Waals surface area contributed by atoms with Crippen LogP contribution in [0, 0.1) is 6.92 Å². The van der Waals surface area contributed by atoms with E-state index in [0.29, 0.717) is 12.2 Å². The van der Waals surface area contributed by atoms with Crippen LogP contribution in [0.2, 0.25) is 0 Å². The van der Waals surface area contributed by atoms with E-state index in [1.165, 1.54) is 22.1 Å². The topological polar surface area (TPSA) is 73.5 Å². The number of carbonyl (C=O) groups is 2. The molecule has 0 aliphatic heterocycles. The van der Waals surface area contributed by atoms with Gasteiger partial charge in [-0.15, -0.1) is 0 Å². The van der Waals surface area contributed by atoms with Gasteiger partial charge in [0.1, 0.15) is 5.56 Å². The molecule has 1 N–H and O–H groups in total. The van der Waals surface area contributed by atoms with Crippen molar-refractivity contribution < 1.29 is 9.59 Å². The number of aromatic nitrogens is 1. The van der Waals surface area contributed by atoms with E-state index in [4.69, 9.17) is 0 Å². The lowest BCUT2D eigenvalue weighted by Crippen LogP contribution is -2.41. The Kier molecular flexibility index (Phi) is 4.86. The molecule has 6 nitrogen and oxygen atoms in total. The van der Waals surface area contributed by atoms with E-state index in [-0.39, 0.29) is 23.4 Å². The number of rotatable bonds is 4. The summed E-state index contributed by atoms with van der Waals surface area (Å²) in [6.07, 6.45) is 1.39. The average Bonchev–Trinajstić information content (AvgIpc) is 2.34.